The molecule has 1 unspecified atom stereocenters. The molecule has 1 atom stereocenters. The molecule has 0 fully saturated rings. The molecule has 0 spiro atoms. The summed E-state index contributed by atoms with van der Waals surface area (Å²) in [4.78, 5) is 11.9. The highest BCUT2D eigenvalue weighted by molar-refractivity contribution is 5.92. The first-order chi connectivity index (χ1) is 9.70. The largest absolute Gasteiger partial charge is 0.396 e. The summed E-state index contributed by atoms with van der Waals surface area (Å²) in [5.74, 6) is -0.0987. The lowest BCUT2D eigenvalue weighted by atomic mass is 9.96. The third kappa shape index (κ3) is 3.68. The van der Waals surface area contributed by atoms with Crippen LogP contribution in [-0.4, -0.2) is 34.4 Å². The molecular formula is C15H19N3O2. The predicted molar refractivity (Wildman–Crippen MR) is 76.5 cm³/mol. The number of aliphatic hydroxyl groups is 1. The van der Waals surface area contributed by atoms with E-state index in [2.05, 4.69) is 15.5 Å². The summed E-state index contributed by atoms with van der Waals surface area (Å²) in [6, 6.07) is 11.6. The first kappa shape index (κ1) is 14.3. The van der Waals surface area contributed by atoms with Crippen LogP contribution in [0.3, 0.4) is 0 Å². The molecule has 2 rings (SSSR count). The number of rotatable bonds is 6. The van der Waals surface area contributed by atoms with E-state index in [1.54, 1.807) is 6.07 Å². The van der Waals surface area contributed by atoms with Crippen LogP contribution in [0, 0.1) is 6.92 Å². The second-order valence-corrected chi connectivity index (χ2v) is 4.77. The number of amides is 1. The zero-order valence-corrected chi connectivity index (χ0v) is 11.5. The van der Waals surface area contributed by atoms with Crippen molar-refractivity contribution in [1.82, 2.24) is 15.5 Å². The van der Waals surface area contributed by atoms with E-state index in [-0.39, 0.29) is 18.4 Å². The van der Waals surface area contributed by atoms with Gasteiger partial charge in [0.1, 0.15) is 5.69 Å². The summed E-state index contributed by atoms with van der Waals surface area (Å²) in [5.41, 5.74) is 2.35. The van der Waals surface area contributed by atoms with E-state index in [0.717, 1.165) is 11.3 Å². The van der Waals surface area contributed by atoms with Crippen molar-refractivity contribution in [2.75, 3.05) is 13.2 Å². The van der Waals surface area contributed by atoms with Gasteiger partial charge in [0.05, 0.1) is 0 Å². The Morgan fingerprint density at radius 1 is 1.40 bits per heavy atom. The van der Waals surface area contributed by atoms with Crippen LogP contribution in [0.1, 0.15) is 34.1 Å². The van der Waals surface area contributed by atoms with Gasteiger partial charge in [0, 0.05) is 24.8 Å². The van der Waals surface area contributed by atoms with Crippen molar-refractivity contribution in [3.05, 3.63) is 53.3 Å². The fourth-order valence-corrected chi connectivity index (χ4v) is 2.11. The number of carbonyl (C=O) groups excluding carboxylic acids is 1. The first-order valence-electron chi connectivity index (χ1n) is 6.66. The molecule has 0 saturated carbocycles. The fourth-order valence-electron chi connectivity index (χ4n) is 2.11. The molecule has 106 valence electrons. The van der Waals surface area contributed by atoms with E-state index in [1.165, 1.54) is 0 Å². The van der Waals surface area contributed by atoms with Crippen molar-refractivity contribution >= 4 is 5.91 Å². The molecule has 0 bridgehead atoms. The van der Waals surface area contributed by atoms with E-state index in [9.17, 15) is 4.79 Å². The standard InChI is InChI=1S/C15H19N3O2/c1-11-9-14(18-17-11)15(20)16-10-13(7-8-19)12-5-3-2-4-6-12/h2-6,9,13,19H,7-8,10H2,1H3,(H,16,20)(H,17,18). The Kier molecular flexibility index (Phi) is 4.90. The van der Waals surface area contributed by atoms with Crippen molar-refractivity contribution in [2.24, 2.45) is 0 Å². The quantitative estimate of drug-likeness (QED) is 0.748. The van der Waals surface area contributed by atoms with Crippen LogP contribution in [0.4, 0.5) is 0 Å². The second-order valence-electron chi connectivity index (χ2n) is 4.77. The number of nitrogens with zero attached hydrogens (tertiary/aromatic N) is 1. The number of nitrogens with one attached hydrogen (secondary N) is 2. The van der Waals surface area contributed by atoms with Gasteiger partial charge in [0.15, 0.2) is 0 Å². The van der Waals surface area contributed by atoms with Crippen LogP contribution in [0.15, 0.2) is 36.4 Å². The van der Waals surface area contributed by atoms with Crippen LogP contribution < -0.4 is 5.32 Å². The van der Waals surface area contributed by atoms with E-state index in [0.29, 0.717) is 18.7 Å². The summed E-state index contributed by atoms with van der Waals surface area (Å²) in [5, 5.41) is 18.7. The molecule has 0 aliphatic carbocycles. The molecule has 5 heteroatoms. The average Bonchev–Trinajstić information content (AvgIpc) is 2.91. The summed E-state index contributed by atoms with van der Waals surface area (Å²) in [7, 11) is 0. The third-order valence-electron chi connectivity index (χ3n) is 3.20. The predicted octanol–water partition coefficient (Wildman–Crippen LogP) is 1.61. The first-order valence-corrected chi connectivity index (χ1v) is 6.66. The third-order valence-corrected chi connectivity index (χ3v) is 3.20. The van der Waals surface area contributed by atoms with Crippen LogP contribution in [-0.2, 0) is 0 Å². The minimum atomic E-state index is -0.201. The number of aryl methyl sites for hydroxylation is 1. The fraction of sp³-hybridized carbons (Fsp3) is 0.333. The molecule has 1 amide bonds. The SMILES string of the molecule is Cc1cc(C(=O)NCC(CCO)c2ccccc2)n[nH]1. The van der Waals surface area contributed by atoms with Gasteiger partial charge in [-0.1, -0.05) is 30.3 Å². The van der Waals surface area contributed by atoms with Crippen molar-refractivity contribution in [3.63, 3.8) is 0 Å². The Labute approximate surface area is 118 Å². The van der Waals surface area contributed by atoms with Crippen LogP contribution in [0.2, 0.25) is 0 Å². The van der Waals surface area contributed by atoms with Crippen molar-refractivity contribution in [3.8, 4) is 0 Å². The molecule has 1 aromatic heterocycles. The number of aliphatic hydroxyl groups excluding tert-OH is 1. The summed E-state index contributed by atoms with van der Waals surface area (Å²) in [6.45, 7) is 2.43. The van der Waals surface area contributed by atoms with Gasteiger partial charge in [-0.15, -0.1) is 0 Å². The Bertz CT molecular complexity index is 551. The number of hydrogen-bond donors (Lipinski definition) is 3. The van der Waals surface area contributed by atoms with E-state index in [1.807, 2.05) is 37.3 Å². The molecule has 0 aliphatic rings. The van der Waals surface area contributed by atoms with Gasteiger partial charge in [-0.05, 0) is 25.0 Å². The van der Waals surface area contributed by atoms with Gasteiger partial charge in [-0.3, -0.25) is 9.89 Å². The Hall–Kier alpha value is -2.14. The molecule has 0 saturated heterocycles. The number of benzene rings is 1. The lowest BCUT2D eigenvalue weighted by Crippen LogP contribution is -2.29. The number of aromatic nitrogens is 2. The van der Waals surface area contributed by atoms with Crippen LogP contribution >= 0.6 is 0 Å². The minimum Gasteiger partial charge on any atom is -0.396 e. The van der Waals surface area contributed by atoms with Gasteiger partial charge >= 0.3 is 0 Å². The Balaban J connectivity index is 1.97. The van der Waals surface area contributed by atoms with Gasteiger partial charge in [0.2, 0.25) is 0 Å². The maximum atomic E-state index is 11.9. The minimum absolute atomic E-state index is 0.0942. The van der Waals surface area contributed by atoms with Crippen molar-refractivity contribution < 1.29 is 9.90 Å². The van der Waals surface area contributed by atoms with Gasteiger partial charge < -0.3 is 10.4 Å². The second kappa shape index (κ2) is 6.86. The van der Waals surface area contributed by atoms with E-state index in [4.69, 9.17) is 5.11 Å². The summed E-state index contributed by atoms with van der Waals surface area (Å²) in [6.07, 6.45) is 0.615. The zero-order valence-electron chi connectivity index (χ0n) is 11.5. The number of H-pyrrole nitrogens is 1. The molecule has 0 aliphatic heterocycles. The number of aromatic amines is 1. The molecule has 1 aromatic carbocycles. The maximum absolute atomic E-state index is 11.9. The van der Waals surface area contributed by atoms with Gasteiger partial charge in [-0.2, -0.15) is 5.10 Å². The Morgan fingerprint density at radius 2 is 2.15 bits per heavy atom. The highest BCUT2D eigenvalue weighted by atomic mass is 16.3. The monoisotopic (exact) mass is 273 g/mol. The number of carbonyl (C=O) groups is 1. The van der Waals surface area contributed by atoms with Crippen molar-refractivity contribution in [1.29, 1.82) is 0 Å². The molecule has 1 heterocycles. The Morgan fingerprint density at radius 3 is 2.75 bits per heavy atom. The van der Waals surface area contributed by atoms with Crippen molar-refractivity contribution in [2.45, 2.75) is 19.3 Å². The van der Waals surface area contributed by atoms with Crippen LogP contribution in [0.5, 0.6) is 0 Å². The molecule has 5 nitrogen and oxygen atoms in total. The van der Waals surface area contributed by atoms with E-state index < -0.39 is 0 Å². The topological polar surface area (TPSA) is 78.0 Å². The van der Waals surface area contributed by atoms with Crippen LogP contribution in [0.25, 0.3) is 0 Å². The molecule has 20 heavy (non-hydrogen) atoms. The molecular weight excluding hydrogens is 254 g/mol. The highest BCUT2D eigenvalue weighted by Gasteiger charge is 2.14. The number of hydrogen-bond acceptors (Lipinski definition) is 3. The summed E-state index contributed by atoms with van der Waals surface area (Å²) < 4.78 is 0. The van der Waals surface area contributed by atoms with Gasteiger partial charge in [0.25, 0.3) is 5.91 Å². The average molecular weight is 273 g/mol. The lowest BCUT2D eigenvalue weighted by molar-refractivity contribution is 0.0944. The van der Waals surface area contributed by atoms with E-state index >= 15 is 0 Å². The lowest BCUT2D eigenvalue weighted by Gasteiger charge is -2.16. The molecule has 3 N–H and O–H groups in total. The summed E-state index contributed by atoms with van der Waals surface area (Å²) >= 11 is 0. The smallest absolute Gasteiger partial charge is 0.271 e. The maximum Gasteiger partial charge on any atom is 0.271 e. The highest BCUT2D eigenvalue weighted by Crippen LogP contribution is 2.18. The molecule has 2 aromatic rings. The van der Waals surface area contributed by atoms with Gasteiger partial charge in [-0.25, -0.2) is 0 Å². The molecule has 0 radical (unpaired) electrons. The zero-order chi connectivity index (χ0) is 14.4. The normalized spacial score (nSPS) is 12.1.